The molecule has 0 radical (unpaired) electrons. The first-order valence-corrected chi connectivity index (χ1v) is 6.81. The molecule has 0 fully saturated rings. The van der Waals surface area contributed by atoms with Crippen LogP contribution in [0.15, 0.2) is 0 Å². The predicted octanol–water partition coefficient (Wildman–Crippen LogP) is 3.34. The topological polar surface area (TPSA) is 46.5 Å². The molecule has 2 rings (SSSR count). The van der Waals surface area contributed by atoms with Crippen LogP contribution in [0.5, 0.6) is 0 Å². The Balaban J connectivity index is 2.52. The summed E-state index contributed by atoms with van der Waals surface area (Å²) in [7, 11) is 0. The van der Waals surface area contributed by atoms with Crippen molar-refractivity contribution in [3.63, 3.8) is 0 Å². The molecule has 0 atom stereocenters. The fourth-order valence-corrected chi connectivity index (χ4v) is 2.89. The van der Waals surface area contributed by atoms with E-state index in [0.717, 1.165) is 27.9 Å². The number of hydrogen-bond donors (Lipinski definition) is 1. The molecule has 2 heterocycles. The van der Waals surface area contributed by atoms with E-state index >= 15 is 0 Å². The van der Waals surface area contributed by atoms with Gasteiger partial charge in [0.2, 0.25) is 0 Å². The minimum atomic E-state index is 0.535. The fourth-order valence-electron chi connectivity index (χ4n) is 1.76. The molecular formula is C11H16N4S2. The van der Waals surface area contributed by atoms with E-state index < -0.39 is 0 Å². The maximum atomic E-state index is 5.27. The van der Waals surface area contributed by atoms with Crippen LogP contribution >= 0.6 is 23.6 Å². The average Bonchev–Trinajstić information content (AvgIpc) is 2.71. The Morgan fingerprint density at radius 1 is 1.41 bits per heavy atom. The Labute approximate surface area is 110 Å². The van der Waals surface area contributed by atoms with E-state index in [9.17, 15) is 0 Å². The Hall–Kier alpha value is -1.01. The highest BCUT2D eigenvalue weighted by atomic mass is 32.1. The van der Waals surface area contributed by atoms with Crippen molar-refractivity contribution in [1.29, 1.82) is 0 Å². The van der Waals surface area contributed by atoms with Crippen molar-refractivity contribution in [2.75, 3.05) is 0 Å². The van der Waals surface area contributed by atoms with Gasteiger partial charge in [0.25, 0.3) is 0 Å². The SMILES string of the molecule is Cc1nc(C)c(-c2n[nH]c(=S)n2CC(C)C)s1. The van der Waals surface area contributed by atoms with Crippen LogP contribution in [-0.4, -0.2) is 19.7 Å². The molecule has 92 valence electrons. The van der Waals surface area contributed by atoms with E-state index in [1.807, 2.05) is 13.8 Å². The van der Waals surface area contributed by atoms with Gasteiger partial charge in [0.15, 0.2) is 10.6 Å². The summed E-state index contributed by atoms with van der Waals surface area (Å²) in [5, 5.41) is 8.26. The lowest BCUT2D eigenvalue weighted by Crippen LogP contribution is -2.06. The Morgan fingerprint density at radius 3 is 2.65 bits per heavy atom. The number of hydrogen-bond acceptors (Lipinski definition) is 4. The van der Waals surface area contributed by atoms with Crippen LogP contribution in [0.2, 0.25) is 0 Å². The van der Waals surface area contributed by atoms with Gasteiger partial charge >= 0.3 is 0 Å². The minimum Gasteiger partial charge on any atom is -0.299 e. The molecule has 0 aliphatic rings. The fraction of sp³-hybridized carbons (Fsp3) is 0.545. The summed E-state index contributed by atoms with van der Waals surface area (Å²) in [6, 6.07) is 0. The van der Waals surface area contributed by atoms with Crippen LogP contribution in [0.4, 0.5) is 0 Å². The number of thiazole rings is 1. The van der Waals surface area contributed by atoms with Crippen LogP contribution in [0.3, 0.4) is 0 Å². The zero-order valence-electron chi connectivity index (χ0n) is 10.4. The molecule has 0 saturated carbocycles. The maximum Gasteiger partial charge on any atom is 0.195 e. The molecule has 0 unspecified atom stereocenters. The quantitative estimate of drug-likeness (QED) is 0.868. The van der Waals surface area contributed by atoms with Crippen LogP contribution in [-0.2, 0) is 6.54 Å². The molecule has 4 nitrogen and oxygen atoms in total. The summed E-state index contributed by atoms with van der Waals surface area (Å²) in [6.07, 6.45) is 0. The van der Waals surface area contributed by atoms with Crippen molar-refractivity contribution in [3.05, 3.63) is 15.5 Å². The first-order valence-electron chi connectivity index (χ1n) is 5.58. The standard InChI is InChI=1S/C11H16N4S2/c1-6(2)5-15-10(13-14-11(15)16)9-7(3)12-8(4)17-9/h6H,5H2,1-4H3,(H,14,16). The normalized spacial score (nSPS) is 11.4. The third-order valence-electron chi connectivity index (χ3n) is 2.41. The largest absolute Gasteiger partial charge is 0.299 e. The van der Waals surface area contributed by atoms with Crippen molar-refractivity contribution in [2.24, 2.45) is 5.92 Å². The average molecular weight is 268 g/mol. The van der Waals surface area contributed by atoms with Crippen LogP contribution in [0.25, 0.3) is 10.7 Å². The molecule has 0 bridgehead atoms. The van der Waals surface area contributed by atoms with Gasteiger partial charge in [0.1, 0.15) is 0 Å². The summed E-state index contributed by atoms with van der Waals surface area (Å²) in [6.45, 7) is 9.24. The summed E-state index contributed by atoms with van der Waals surface area (Å²) >= 11 is 6.93. The van der Waals surface area contributed by atoms with Crippen molar-refractivity contribution < 1.29 is 0 Å². The summed E-state index contributed by atoms with van der Waals surface area (Å²) < 4.78 is 2.74. The number of aryl methyl sites for hydroxylation is 2. The maximum absolute atomic E-state index is 5.27. The number of nitrogens with one attached hydrogen (secondary N) is 1. The second-order valence-electron chi connectivity index (χ2n) is 4.50. The Kier molecular flexibility index (Phi) is 3.44. The van der Waals surface area contributed by atoms with Crippen molar-refractivity contribution >= 4 is 23.6 Å². The minimum absolute atomic E-state index is 0.535. The zero-order chi connectivity index (χ0) is 12.6. The molecule has 2 aromatic rings. The highest BCUT2D eigenvalue weighted by Gasteiger charge is 2.15. The second kappa shape index (κ2) is 4.70. The van der Waals surface area contributed by atoms with Gasteiger partial charge in [-0.15, -0.1) is 11.3 Å². The van der Waals surface area contributed by atoms with Gasteiger partial charge in [0.05, 0.1) is 15.6 Å². The van der Waals surface area contributed by atoms with E-state index in [-0.39, 0.29) is 0 Å². The number of nitrogens with zero attached hydrogens (tertiary/aromatic N) is 3. The van der Waals surface area contributed by atoms with Gasteiger partial charge in [0, 0.05) is 6.54 Å². The molecule has 0 spiro atoms. The second-order valence-corrected chi connectivity index (χ2v) is 6.09. The van der Waals surface area contributed by atoms with Crippen LogP contribution in [0, 0.1) is 24.5 Å². The molecule has 17 heavy (non-hydrogen) atoms. The number of rotatable bonds is 3. The molecule has 6 heteroatoms. The molecule has 0 aliphatic carbocycles. The van der Waals surface area contributed by atoms with Crippen molar-refractivity contribution in [2.45, 2.75) is 34.2 Å². The van der Waals surface area contributed by atoms with Crippen molar-refractivity contribution in [3.8, 4) is 10.7 Å². The van der Waals surface area contributed by atoms with Crippen LogP contribution < -0.4 is 0 Å². The molecular weight excluding hydrogens is 252 g/mol. The van der Waals surface area contributed by atoms with Crippen LogP contribution in [0.1, 0.15) is 24.5 Å². The highest BCUT2D eigenvalue weighted by molar-refractivity contribution is 7.71. The Morgan fingerprint density at radius 2 is 2.12 bits per heavy atom. The zero-order valence-corrected chi connectivity index (χ0v) is 12.1. The van der Waals surface area contributed by atoms with Gasteiger partial charge in [-0.05, 0) is 32.0 Å². The lowest BCUT2D eigenvalue weighted by Gasteiger charge is -2.08. The monoisotopic (exact) mass is 268 g/mol. The van der Waals surface area contributed by atoms with E-state index in [1.165, 1.54) is 0 Å². The lowest BCUT2D eigenvalue weighted by atomic mass is 10.2. The number of aromatic nitrogens is 4. The predicted molar refractivity (Wildman–Crippen MR) is 72.8 cm³/mol. The number of H-pyrrole nitrogens is 1. The molecule has 0 aromatic carbocycles. The third kappa shape index (κ3) is 2.47. The van der Waals surface area contributed by atoms with Gasteiger partial charge in [-0.2, -0.15) is 5.10 Å². The van der Waals surface area contributed by atoms with Gasteiger partial charge in [-0.1, -0.05) is 13.8 Å². The molecule has 2 aromatic heterocycles. The smallest absolute Gasteiger partial charge is 0.195 e. The molecule has 0 aliphatic heterocycles. The van der Waals surface area contributed by atoms with E-state index in [1.54, 1.807) is 11.3 Å². The lowest BCUT2D eigenvalue weighted by molar-refractivity contribution is 0.521. The Bertz CT molecular complexity index is 577. The summed E-state index contributed by atoms with van der Waals surface area (Å²) in [5.41, 5.74) is 1.02. The van der Waals surface area contributed by atoms with Gasteiger partial charge in [-0.25, -0.2) is 4.98 Å². The number of aromatic amines is 1. The van der Waals surface area contributed by atoms with Gasteiger partial charge in [-0.3, -0.25) is 9.67 Å². The summed E-state index contributed by atoms with van der Waals surface area (Å²) in [5.74, 6) is 1.44. The summed E-state index contributed by atoms with van der Waals surface area (Å²) in [4.78, 5) is 5.54. The molecule has 0 amide bonds. The third-order valence-corrected chi connectivity index (χ3v) is 3.79. The van der Waals surface area contributed by atoms with E-state index in [4.69, 9.17) is 12.2 Å². The van der Waals surface area contributed by atoms with E-state index in [2.05, 4.69) is 33.6 Å². The highest BCUT2D eigenvalue weighted by Crippen LogP contribution is 2.28. The molecule has 0 saturated heterocycles. The first kappa shape index (κ1) is 12.4. The molecule has 1 N–H and O–H groups in total. The van der Waals surface area contributed by atoms with Gasteiger partial charge < -0.3 is 0 Å². The van der Waals surface area contributed by atoms with Crippen molar-refractivity contribution in [1.82, 2.24) is 19.7 Å². The first-order chi connectivity index (χ1) is 7.99. The van der Waals surface area contributed by atoms with E-state index in [0.29, 0.717) is 10.7 Å².